The molecule has 0 spiro atoms. The smallest absolute Gasteiger partial charge is 0.249 e. The van der Waals surface area contributed by atoms with Crippen LogP contribution in [0.5, 0.6) is 11.5 Å². The molecule has 0 radical (unpaired) electrons. The molecule has 1 aromatic heterocycles. The number of anilines is 2. The van der Waals surface area contributed by atoms with Crippen molar-refractivity contribution < 1.29 is 9.47 Å². The van der Waals surface area contributed by atoms with E-state index in [4.69, 9.17) is 26.3 Å². The maximum absolute atomic E-state index is 9.08. The third-order valence-corrected chi connectivity index (χ3v) is 5.09. The highest BCUT2D eigenvalue weighted by molar-refractivity contribution is 6.32. The van der Waals surface area contributed by atoms with Crippen LogP contribution in [0.15, 0.2) is 73.1 Å². The molecule has 4 aromatic rings. The summed E-state index contributed by atoms with van der Waals surface area (Å²) in [6, 6.07) is 22.9. The number of nitriles is 1. The van der Waals surface area contributed by atoms with Crippen molar-refractivity contribution >= 4 is 23.2 Å². The van der Waals surface area contributed by atoms with Gasteiger partial charge in [0.15, 0.2) is 11.5 Å². The topological polar surface area (TPSA) is 87.1 Å². The number of nitrogens with zero attached hydrogens (tertiary/aromatic N) is 4. The Bertz CT molecular complexity index is 1210. The van der Waals surface area contributed by atoms with E-state index in [9.17, 15) is 0 Å². The fraction of sp³-hybridized carbons (Fsp3) is 0.125. The second-order valence-corrected chi connectivity index (χ2v) is 7.33. The van der Waals surface area contributed by atoms with Gasteiger partial charge in [0.05, 0.1) is 30.3 Å². The molecule has 0 bridgehead atoms. The summed E-state index contributed by atoms with van der Waals surface area (Å²) in [5, 5.41) is 16.5. The molecule has 0 atom stereocenters. The molecule has 3 aromatic carbocycles. The molecule has 0 aliphatic rings. The first-order chi connectivity index (χ1) is 15.7. The van der Waals surface area contributed by atoms with Crippen molar-refractivity contribution in [3.05, 3.63) is 94.8 Å². The zero-order chi connectivity index (χ0) is 22.3. The maximum Gasteiger partial charge on any atom is 0.249 e. The van der Waals surface area contributed by atoms with E-state index in [0.717, 1.165) is 16.8 Å². The summed E-state index contributed by atoms with van der Waals surface area (Å²) in [6.07, 6.45) is 1.51. The number of rotatable bonds is 8. The van der Waals surface area contributed by atoms with Crippen LogP contribution in [0.4, 0.5) is 11.6 Å². The second-order valence-electron chi connectivity index (χ2n) is 6.93. The summed E-state index contributed by atoms with van der Waals surface area (Å²) in [4.78, 5) is 6.19. The van der Waals surface area contributed by atoms with Crippen molar-refractivity contribution in [1.82, 2.24) is 15.2 Å². The van der Waals surface area contributed by atoms with Crippen molar-refractivity contribution in [2.24, 2.45) is 0 Å². The third kappa shape index (κ3) is 4.82. The number of hydrogen-bond donors (Lipinski definition) is 1. The molecule has 1 heterocycles. The predicted octanol–water partition coefficient (Wildman–Crippen LogP) is 5.26. The average molecular weight is 446 g/mol. The number of ether oxygens (including phenoxy) is 2. The van der Waals surface area contributed by atoms with E-state index >= 15 is 0 Å². The van der Waals surface area contributed by atoms with E-state index in [1.54, 1.807) is 19.2 Å². The molecule has 7 nitrogen and oxygen atoms in total. The lowest BCUT2D eigenvalue weighted by atomic mass is 10.1. The van der Waals surface area contributed by atoms with Crippen molar-refractivity contribution in [3.8, 4) is 17.6 Å². The van der Waals surface area contributed by atoms with Gasteiger partial charge >= 0.3 is 0 Å². The van der Waals surface area contributed by atoms with Crippen LogP contribution in [0, 0.1) is 11.3 Å². The van der Waals surface area contributed by atoms with Crippen LogP contribution in [-0.4, -0.2) is 22.3 Å². The molecule has 32 heavy (non-hydrogen) atoms. The minimum Gasteiger partial charge on any atom is -0.493 e. The number of halogens is 1. The number of H-pyrrole nitrogens is 1. The molecule has 8 heteroatoms. The number of benzene rings is 3. The molecule has 160 valence electrons. The third-order valence-electron chi connectivity index (χ3n) is 4.81. The molecule has 0 saturated heterocycles. The summed E-state index contributed by atoms with van der Waals surface area (Å²) in [5.41, 5.74) is 3.33. The molecule has 0 fully saturated rings. The van der Waals surface area contributed by atoms with E-state index < -0.39 is 0 Å². The molecule has 0 aliphatic heterocycles. The highest BCUT2D eigenvalue weighted by Crippen LogP contribution is 2.38. The van der Waals surface area contributed by atoms with Gasteiger partial charge in [-0.1, -0.05) is 41.9 Å². The van der Waals surface area contributed by atoms with Gasteiger partial charge in [-0.05, 0) is 47.5 Å². The quantitative estimate of drug-likeness (QED) is 0.398. The lowest BCUT2D eigenvalue weighted by molar-refractivity contribution is 0.284. The second kappa shape index (κ2) is 9.86. The first-order valence-corrected chi connectivity index (χ1v) is 10.2. The lowest BCUT2D eigenvalue weighted by Crippen LogP contribution is -2.18. The summed E-state index contributed by atoms with van der Waals surface area (Å²) in [6.45, 7) is 0.809. The Morgan fingerprint density at radius 3 is 2.50 bits per heavy atom. The predicted molar refractivity (Wildman–Crippen MR) is 122 cm³/mol. The largest absolute Gasteiger partial charge is 0.493 e. The highest BCUT2D eigenvalue weighted by Gasteiger charge is 2.18. The highest BCUT2D eigenvalue weighted by atomic mass is 35.5. The standard InChI is InChI=1S/C24H20ClN5O2/c1-31-22-12-19(11-21(25)23(22)32-15-18-5-3-2-4-6-18)14-30(24-27-16-28-29-24)20-9-7-17(13-26)8-10-20/h2-12,16H,14-15H2,1H3,(H,27,28,29). The monoisotopic (exact) mass is 445 g/mol. The zero-order valence-electron chi connectivity index (χ0n) is 17.3. The zero-order valence-corrected chi connectivity index (χ0v) is 18.1. The molecule has 4 rings (SSSR count). The van der Waals surface area contributed by atoms with Crippen molar-refractivity contribution in [3.63, 3.8) is 0 Å². The first-order valence-electron chi connectivity index (χ1n) is 9.84. The number of aromatic amines is 1. The number of aromatic nitrogens is 3. The molecular formula is C24H20ClN5O2. The van der Waals surface area contributed by atoms with Crippen LogP contribution in [0.3, 0.4) is 0 Å². The number of nitrogens with one attached hydrogen (secondary N) is 1. The molecule has 0 saturated carbocycles. The van der Waals surface area contributed by atoms with Gasteiger partial charge in [-0.25, -0.2) is 4.98 Å². The molecule has 0 amide bonds. The Balaban J connectivity index is 1.61. The van der Waals surface area contributed by atoms with Crippen LogP contribution in [0.25, 0.3) is 0 Å². The Labute approximate surface area is 190 Å². The summed E-state index contributed by atoms with van der Waals surface area (Å²) in [5.74, 6) is 1.52. The van der Waals surface area contributed by atoms with Crippen LogP contribution in [-0.2, 0) is 13.2 Å². The van der Waals surface area contributed by atoms with Gasteiger partial charge in [0.2, 0.25) is 5.95 Å². The molecule has 0 aliphatic carbocycles. The average Bonchev–Trinajstić information content (AvgIpc) is 3.37. The number of hydrogen-bond acceptors (Lipinski definition) is 6. The first kappa shape index (κ1) is 21.2. The molecular weight excluding hydrogens is 426 g/mol. The van der Waals surface area contributed by atoms with Gasteiger partial charge < -0.3 is 14.4 Å². The van der Waals surface area contributed by atoms with E-state index in [-0.39, 0.29) is 0 Å². The fourth-order valence-electron chi connectivity index (χ4n) is 3.24. The fourth-order valence-corrected chi connectivity index (χ4v) is 3.53. The van der Waals surface area contributed by atoms with E-state index in [0.29, 0.717) is 41.2 Å². The Hall–Kier alpha value is -4.02. The van der Waals surface area contributed by atoms with Crippen LogP contribution < -0.4 is 14.4 Å². The van der Waals surface area contributed by atoms with E-state index in [1.807, 2.05) is 59.5 Å². The van der Waals surface area contributed by atoms with Gasteiger partial charge in [-0.2, -0.15) is 5.26 Å². The van der Waals surface area contributed by atoms with Gasteiger partial charge in [0.25, 0.3) is 0 Å². The number of methoxy groups -OCH3 is 1. The Kier molecular flexibility index (Phi) is 6.54. The Morgan fingerprint density at radius 2 is 1.84 bits per heavy atom. The summed E-state index contributed by atoms with van der Waals surface area (Å²) in [7, 11) is 1.58. The van der Waals surface area contributed by atoms with Gasteiger partial charge in [-0.15, -0.1) is 5.10 Å². The normalized spacial score (nSPS) is 10.4. The SMILES string of the molecule is COc1cc(CN(c2ccc(C#N)cc2)c2nc[nH]n2)cc(Cl)c1OCc1ccccc1. The minimum absolute atomic E-state index is 0.380. The van der Waals surface area contributed by atoms with Gasteiger partial charge in [0, 0.05) is 5.69 Å². The molecule has 0 unspecified atom stereocenters. The maximum atomic E-state index is 9.08. The van der Waals surface area contributed by atoms with Gasteiger partial charge in [-0.3, -0.25) is 5.10 Å². The van der Waals surface area contributed by atoms with E-state index in [1.165, 1.54) is 6.33 Å². The van der Waals surface area contributed by atoms with Crippen LogP contribution in [0.2, 0.25) is 5.02 Å². The van der Waals surface area contributed by atoms with Crippen molar-refractivity contribution in [1.29, 1.82) is 5.26 Å². The van der Waals surface area contributed by atoms with Gasteiger partial charge in [0.1, 0.15) is 12.9 Å². The van der Waals surface area contributed by atoms with Crippen molar-refractivity contribution in [2.75, 3.05) is 12.0 Å². The summed E-state index contributed by atoms with van der Waals surface area (Å²) >= 11 is 6.58. The lowest BCUT2D eigenvalue weighted by Gasteiger charge is -2.22. The van der Waals surface area contributed by atoms with E-state index in [2.05, 4.69) is 21.3 Å². The van der Waals surface area contributed by atoms with Crippen LogP contribution in [0.1, 0.15) is 16.7 Å². The van der Waals surface area contributed by atoms with Crippen molar-refractivity contribution in [2.45, 2.75) is 13.2 Å². The summed E-state index contributed by atoms with van der Waals surface area (Å²) < 4.78 is 11.5. The molecule has 1 N–H and O–H groups in total. The Morgan fingerprint density at radius 1 is 1.06 bits per heavy atom. The van der Waals surface area contributed by atoms with Crippen LogP contribution >= 0.6 is 11.6 Å². The minimum atomic E-state index is 0.380.